The SMILES string of the molecule is CC(C)CCOC(C)(C)CCN=C=O. The van der Waals surface area contributed by atoms with Crippen molar-refractivity contribution in [1.29, 1.82) is 0 Å². The molecule has 0 amide bonds. The van der Waals surface area contributed by atoms with Gasteiger partial charge in [0.05, 0.1) is 12.1 Å². The van der Waals surface area contributed by atoms with E-state index in [-0.39, 0.29) is 5.60 Å². The Kier molecular flexibility index (Phi) is 6.43. The van der Waals surface area contributed by atoms with Crippen LogP contribution in [0.25, 0.3) is 0 Å². The molecule has 0 aliphatic carbocycles. The molecule has 3 nitrogen and oxygen atoms in total. The second-order valence-electron chi connectivity index (χ2n) is 4.51. The van der Waals surface area contributed by atoms with Gasteiger partial charge in [-0.05, 0) is 32.6 Å². The lowest BCUT2D eigenvalue weighted by Crippen LogP contribution is -2.26. The van der Waals surface area contributed by atoms with Crippen molar-refractivity contribution in [3.05, 3.63) is 0 Å². The van der Waals surface area contributed by atoms with Crippen molar-refractivity contribution < 1.29 is 9.53 Å². The molecule has 0 spiro atoms. The zero-order valence-corrected chi connectivity index (χ0v) is 9.67. The van der Waals surface area contributed by atoms with Crippen LogP contribution in [0, 0.1) is 5.92 Å². The maximum atomic E-state index is 9.86. The van der Waals surface area contributed by atoms with Crippen LogP contribution in [-0.2, 0) is 9.53 Å². The van der Waals surface area contributed by atoms with Gasteiger partial charge < -0.3 is 4.74 Å². The number of aliphatic imine (C=N–C) groups is 1. The minimum Gasteiger partial charge on any atom is -0.375 e. The highest BCUT2D eigenvalue weighted by Gasteiger charge is 2.17. The second-order valence-corrected chi connectivity index (χ2v) is 4.51. The molecule has 3 heteroatoms. The first kappa shape index (κ1) is 13.3. The number of hydrogen-bond acceptors (Lipinski definition) is 3. The molecule has 0 aliphatic rings. The van der Waals surface area contributed by atoms with Crippen LogP contribution in [0.2, 0.25) is 0 Å². The van der Waals surface area contributed by atoms with E-state index in [1.807, 2.05) is 13.8 Å². The summed E-state index contributed by atoms with van der Waals surface area (Å²) in [6.45, 7) is 9.66. The summed E-state index contributed by atoms with van der Waals surface area (Å²) in [5, 5.41) is 0. The Labute approximate surface area is 86.6 Å². The number of rotatable bonds is 7. The van der Waals surface area contributed by atoms with Crippen molar-refractivity contribution in [3.63, 3.8) is 0 Å². The number of isocyanates is 1. The van der Waals surface area contributed by atoms with Crippen molar-refractivity contribution in [2.45, 2.75) is 46.1 Å². The predicted molar refractivity (Wildman–Crippen MR) is 57.1 cm³/mol. The molecule has 0 saturated carbocycles. The number of hydrogen-bond donors (Lipinski definition) is 0. The first-order valence-corrected chi connectivity index (χ1v) is 5.15. The average Bonchev–Trinajstić information content (AvgIpc) is 2.03. The summed E-state index contributed by atoms with van der Waals surface area (Å²) >= 11 is 0. The molecule has 82 valence electrons. The molecule has 0 bridgehead atoms. The van der Waals surface area contributed by atoms with E-state index in [0.29, 0.717) is 12.5 Å². The van der Waals surface area contributed by atoms with E-state index in [9.17, 15) is 4.79 Å². The van der Waals surface area contributed by atoms with E-state index in [0.717, 1.165) is 19.4 Å². The average molecular weight is 199 g/mol. The summed E-state index contributed by atoms with van der Waals surface area (Å²) in [5.74, 6) is 0.666. The van der Waals surface area contributed by atoms with Crippen LogP contribution in [0.4, 0.5) is 0 Å². The van der Waals surface area contributed by atoms with Gasteiger partial charge in [0.2, 0.25) is 6.08 Å². The lowest BCUT2D eigenvalue weighted by atomic mass is 10.1. The number of carbonyl (C=O) groups excluding carboxylic acids is 1. The van der Waals surface area contributed by atoms with Crippen molar-refractivity contribution in [3.8, 4) is 0 Å². The van der Waals surface area contributed by atoms with E-state index in [1.165, 1.54) is 6.08 Å². The summed E-state index contributed by atoms with van der Waals surface area (Å²) < 4.78 is 5.70. The maximum Gasteiger partial charge on any atom is 0.234 e. The number of ether oxygens (including phenoxy) is 1. The van der Waals surface area contributed by atoms with Gasteiger partial charge in [0, 0.05) is 6.61 Å². The minimum absolute atomic E-state index is 0.185. The van der Waals surface area contributed by atoms with Gasteiger partial charge in [0.15, 0.2) is 0 Å². The Morgan fingerprint density at radius 2 is 2.07 bits per heavy atom. The van der Waals surface area contributed by atoms with Gasteiger partial charge in [-0.3, -0.25) is 0 Å². The number of nitrogens with zero attached hydrogens (tertiary/aromatic N) is 1. The molecule has 0 N–H and O–H groups in total. The van der Waals surface area contributed by atoms with Crippen molar-refractivity contribution >= 4 is 6.08 Å². The molecule has 0 aromatic carbocycles. The first-order chi connectivity index (χ1) is 6.48. The molecule has 0 fully saturated rings. The third kappa shape index (κ3) is 7.96. The van der Waals surface area contributed by atoms with Gasteiger partial charge in [0.25, 0.3) is 0 Å². The smallest absolute Gasteiger partial charge is 0.234 e. The van der Waals surface area contributed by atoms with Crippen LogP contribution in [0.15, 0.2) is 4.99 Å². The lowest BCUT2D eigenvalue weighted by molar-refractivity contribution is -0.0258. The normalized spacial score (nSPS) is 11.5. The van der Waals surface area contributed by atoms with Crippen LogP contribution in [0.5, 0.6) is 0 Å². The van der Waals surface area contributed by atoms with Gasteiger partial charge in [-0.2, -0.15) is 0 Å². The van der Waals surface area contributed by atoms with Gasteiger partial charge in [-0.25, -0.2) is 9.79 Å². The minimum atomic E-state index is -0.185. The van der Waals surface area contributed by atoms with Crippen molar-refractivity contribution in [2.75, 3.05) is 13.2 Å². The molecular formula is C11H21NO2. The van der Waals surface area contributed by atoms with Crippen LogP contribution in [0.3, 0.4) is 0 Å². The monoisotopic (exact) mass is 199 g/mol. The zero-order valence-electron chi connectivity index (χ0n) is 9.67. The second kappa shape index (κ2) is 6.74. The van der Waals surface area contributed by atoms with Gasteiger partial charge >= 0.3 is 0 Å². The Balaban J connectivity index is 3.65. The fourth-order valence-electron chi connectivity index (χ4n) is 1.01. The summed E-state index contributed by atoms with van der Waals surface area (Å²) in [6.07, 6.45) is 3.37. The molecule has 0 rings (SSSR count). The maximum absolute atomic E-state index is 9.86. The van der Waals surface area contributed by atoms with Crippen molar-refractivity contribution in [2.24, 2.45) is 10.9 Å². The molecule has 0 atom stereocenters. The Hall–Kier alpha value is -0.660. The van der Waals surface area contributed by atoms with Gasteiger partial charge in [0.1, 0.15) is 0 Å². The highest BCUT2D eigenvalue weighted by Crippen LogP contribution is 2.15. The van der Waals surface area contributed by atoms with E-state index in [4.69, 9.17) is 4.74 Å². The molecule has 0 radical (unpaired) electrons. The standard InChI is InChI=1S/C11H21NO2/c1-10(2)5-8-14-11(3,4)6-7-12-9-13/h10H,5-8H2,1-4H3. The topological polar surface area (TPSA) is 38.7 Å². The van der Waals surface area contributed by atoms with Crippen LogP contribution < -0.4 is 0 Å². The van der Waals surface area contributed by atoms with E-state index >= 15 is 0 Å². The third-order valence-electron chi connectivity index (χ3n) is 2.08. The lowest BCUT2D eigenvalue weighted by Gasteiger charge is -2.24. The van der Waals surface area contributed by atoms with Gasteiger partial charge in [-0.1, -0.05) is 13.8 Å². The molecular weight excluding hydrogens is 178 g/mol. The van der Waals surface area contributed by atoms with Crippen LogP contribution >= 0.6 is 0 Å². The summed E-state index contributed by atoms with van der Waals surface area (Å²) in [4.78, 5) is 13.4. The first-order valence-electron chi connectivity index (χ1n) is 5.15. The van der Waals surface area contributed by atoms with Gasteiger partial charge in [-0.15, -0.1) is 0 Å². The fraction of sp³-hybridized carbons (Fsp3) is 0.909. The molecule has 0 heterocycles. The zero-order chi connectivity index (χ0) is 11.0. The summed E-state index contributed by atoms with van der Waals surface area (Å²) in [7, 11) is 0. The predicted octanol–water partition coefficient (Wildman–Crippen LogP) is 2.55. The third-order valence-corrected chi connectivity index (χ3v) is 2.08. The fourth-order valence-corrected chi connectivity index (χ4v) is 1.01. The molecule has 0 aromatic rings. The highest BCUT2D eigenvalue weighted by atomic mass is 16.5. The molecule has 0 unspecified atom stereocenters. The Morgan fingerprint density at radius 1 is 1.43 bits per heavy atom. The van der Waals surface area contributed by atoms with E-state index in [2.05, 4.69) is 18.8 Å². The Morgan fingerprint density at radius 3 is 2.57 bits per heavy atom. The van der Waals surface area contributed by atoms with Crippen LogP contribution in [-0.4, -0.2) is 24.8 Å². The summed E-state index contributed by atoms with van der Waals surface area (Å²) in [6, 6.07) is 0. The molecule has 0 aliphatic heterocycles. The van der Waals surface area contributed by atoms with E-state index in [1.54, 1.807) is 0 Å². The van der Waals surface area contributed by atoms with E-state index < -0.39 is 0 Å². The highest BCUT2D eigenvalue weighted by molar-refractivity contribution is 5.32. The van der Waals surface area contributed by atoms with Crippen LogP contribution in [0.1, 0.15) is 40.5 Å². The Bertz CT molecular complexity index is 193. The molecule has 14 heavy (non-hydrogen) atoms. The van der Waals surface area contributed by atoms with Crippen molar-refractivity contribution in [1.82, 2.24) is 0 Å². The quantitative estimate of drug-likeness (QED) is 0.467. The summed E-state index contributed by atoms with van der Waals surface area (Å²) in [5.41, 5.74) is -0.185. The molecule has 0 saturated heterocycles. The largest absolute Gasteiger partial charge is 0.375 e. The molecule has 0 aromatic heterocycles.